The van der Waals surface area contributed by atoms with E-state index in [9.17, 15) is 14.4 Å². The number of H-pyrrole nitrogens is 1. The molecule has 1 amide bonds. The molecule has 8 heteroatoms. The number of amides is 1. The Labute approximate surface area is 194 Å². The third-order valence-corrected chi connectivity index (χ3v) is 5.70. The second-order valence-corrected chi connectivity index (χ2v) is 8.12. The maximum absolute atomic E-state index is 13.3. The van der Waals surface area contributed by atoms with Gasteiger partial charge in [0.15, 0.2) is 5.69 Å². The molecule has 0 saturated heterocycles. The number of carbonyl (C=O) groups is 1. The molecule has 3 aromatic rings. The molecule has 7 nitrogen and oxygen atoms in total. The number of hydrogen-bond acceptors (Lipinski definition) is 4. The Kier molecular flexibility index (Phi) is 7.83. The summed E-state index contributed by atoms with van der Waals surface area (Å²) in [6.45, 7) is 2.47. The minimum Gasteiger partial charge on any atom is -0.383 e. The Balaban J connectivity index is 2.07. The summed E-state index contributed by atoms with van der Waals surface area (Å²) in [5.74, 6) is -0.451. The normalized spacial score (nSPS) is 11.1. The van der Waals surface area contributed by atoms with Gasteiger partial charge < -0.3 is 5.73 Å². The van der Waals surface area contributed by atoms with Gasteiger partial charge in [-0.25, -0.2) is 4.79 Å². The summed E-state index contributed by atoms with van der Waals surface area (Å²) < 4.78 is 2.15. The van der Waals surface area contributed by atoms with Gasteiger partial charge in [0, 0.05) is 17.1 Å². The van der Waals surface area contributed by atoms with E-state index in [4.69, 9.17) is 5.73 Å². The maximum atomic E-state index is 13.3. The second-order valence-electron chi connectivity index (χ2n) is 7.26. The van der Waals surface area contributed by atoms with E-state index in [0.29, 0.717) is 13.0 Å². The van der Waals surface area contributed by atoms with Crippen LogP contribution in [0.2, 0.25) is 0 Å². The van der Waals surface area contributed by atoms with Crippen LogP contribution in [0.5, 0.6) is 0 Å². The summed E-state index contributed by atoms with van der Waals surface area (Å²) in [6, 6.07) is 16.8. The Morgan fingerprint density at radius 2 is 1.81 bits per heavy atom. The molecule has 1 heterocycles. The standard InChI is InChI=1S/C24H25BrN4O3/c1-2-3-15-28-22(26)21(23(31)27-24(28)32)29(16-17-9-5-4-6-10-17)20(30)14-13-18-11-7-8-12-19(18)25/h4-14H,2-3,15-16,26H2,1H3,(H,27,31,32)/b14-13+. The van der Waals surface area contributed by atoms with E-state index >= 15 is 0 Å². The second kappa shape index (κ2) is 10.8. The number of anilines is 2. The number of nitrogens with one attached hydrogen (secondary N) is 1. The van der Waals surface area contributed by atoms with Gasteiger partial charge in [-0.1, -0.05) is 77.8 Å². The number of carbonyl (C=O) groups excluding carboxylic acids is 1. The summed E-state index contributed by atoms with van der Waals surface area (Å²) in [5, 5.41) is 0. The van der Waals surface area contributed by atoms with Gasteiger partial charge in [-0.05, 0) is 29.7 Å². The maximum Gasteiger partial charge on any atom is 0.330 e. The van der Waals surface area contributed by atoms with Crippen molar-refractivity contribution >= 4 is 39.4 Å². The van der Waals surface area contributed by atoms with Crippen LogP contribution in [-0.4, -0.2) is 15.5 Å². The highest BCUT2D eigenvalue weighted by Gasteiger charge is 2.23. The largest absolute Gasteiger partial charge is 0.383 e. The van der Waals surface area contributed by atoms with Crippen LogP contribution in [0.25, 0.3) is 6.08 Å². The van der Waals surface area contributed by atoms with Crippen LogP contribution in [0.4, 0.5) is 11.5 Å². The highest BCUT2D eigenvalue weighted by Crippen LogP contribution is 2.22. The number of benzene rings is 2. The predicted molar refractivity (Wildman–Crippen MR) is 131 cm³/mol. The highest BCUT2D eigenvalue weighted by molar-refractivity contribution is 9.10. The van der Waals surface area contributed by atoms with E-state index in [0.717, 1.165) is 22.0 Å². The zero-order valence-electron chi connectivity index (χ0n) is 17.8. The third kappa shape index (κ3) is 5.45. The number of halogens is 1. The molecular weight excluding hydrogens is 472 g/mol. The fourth-order valence-corrected chi connectivity index (χ4v) is 3.69. The van der Waals surface area contributed by atoms with E-state index < -0.39 is 17.2 Å². The zero-order chi connectivity index (χ0) is 23.1. The molecule has 0 spiro atoms. The molecule has 166 valence electrons. The van der Waals surface area contributed by atoms with Crippen molar-refractivity contribution in [2.45, 2.75) is 32.9 Å². The summed E-state index contributed by atoms with van der Waals surface area (Å²) in [4.78, 5) is 42.0. The van der Waals surface area contributed by atoms with Crippen LogP contribution >= 0.6 is 15.9 Å². The molecule has 2 aromatic carbocycles. The van der Waals surface area contributed by atoms with Gasteiger partial charge >= 0.3 is 5.69 Å². The summed E-state index contributed by atoms with van der Waals surface area (Å²) in [5.41, 5.74) is 6.59. The minimum absolute atomic E-state index is 0.0224. The molecule has 32 heavy (non-hydrogen) atoms. The number of nitrogens with zero attached hydrogens (tertiary/aromatic N) is 2. The Hall–Kier alpha value is -3.39. The molecule has 3 rings (SSSR count). The highest BCUT2D eigenvalue weighted by atomic mass is 79.9. The van der Waals surface area contributed by atoms with Crippen LogP contribution < -0.4 is 21.9 Å². The average Bonchev–Trinajstić information content (AvgIpc) is 2.78. The van der Waals surface area contributed by atoms with Gasteiger partial charge in [-0.2, -0.15) is 0 Å². The SMILES string of the molecule is CCCCn1c(N)c(N(Cc2ccccc2)C(=O)/C=C/c2ccccc2Br)c(=O)[nH]c1=O. The lowest BCUT2D eigenvalue weighted by Gasteiger charge is -2.23. The zero-order valence-corrected chi connectivity index (χ0v) is 19.3. The fraction of sp³-hybridized carbons (Fsp3) is 0.208. The molecular formula is C24H25BrN4O3. The number of unbranched alkanes of at least 4 members (excludes halogenated alkanes) is 1. The van der Waals surface area contributed by atoms with Gasteiger partial charge in [0.05, 0.1) is 6.54 Å². The van der Waals surface area contributed by atoms with Crippen molar-refractivity contribution in [1.29, 1.82) is 0 Å². The first kappa shape index (κ1) is 23.3. The molecule has 1 aromatic heterocycles. The quantitative estimate of drug-likeness (QED) is 0.461. The first-order valence-corrected chi connectivity index (χ1v) is 11.1. The van der Waals surface area contributed by atoms with Gasteiger partial charge in [-0.15, -0.1) is 0 Å². The molecule has 3 N–H and O–H groups in total. The molecule has 0 unspecified atom stereocenters. The van der Waals surface area contributed by atoms with Crippen molar-refractivity contribution in [2.75, 3.05) is 10.6 Å². The number of aromatic nitrogens is 2. The molecule has 0 fully saturated rings. The average molecular weight is 497 g/mol. The van der Waals surface area contributed by atoms with Crippen molar-refractivity contribution in [2.24, 2.45) is 0 Å². The number of nitrogens with two attached hydrogens (primary N) is 1. The van der Waals surface area contributed by atoms with Crippen molar-refractivity contribution in [1.82, 2.24) is 9.55 Å². The summed E-state index contributed by atoms with van der Waals surface area (Å²) >= 11 is 3.46. The predicted octanol–water partition coefficient (Wildman–Crippen LogP) is 3.93. The lowest BCUT2D eigenvalue weighted by atomic mass is 10.2. The van der Waals surface area contributed by atoms with Crippen molar-refractivity contribution < 1.29 is 4.79 Å². The van der Waals surface area contributed by atoms with Crippen molar-refractivity contribution in [3.63, 3.8) is 0 Å². The topological polar surface area (TPSA) is 101 Å². The minimum atomic E-state index is -0.696. The molecule has 0 radical (unpaired) electrons. The molecule has 0 aliphatic rings. The molecule has 0 bridgehead atoms. The lowest BCUT2D eigenvalue weighted by Crippen LogP contribution is -2.40. The lowest BCUT2D eigenvalue weighted by molar-refractivity contribution is -0.114. The van der Waals surface area contributed by atoms with E-state index in [1.807, 2.05) is 61.5 Å². The Morgan fingerprint density at radius 3 is 2.50 bits per heavy atom. The van der Waals surface area contributed by atoms with Crippen LogP contribution in [0.3, 0.4) is 0 Å². The van der Waals surface area contributed by atoms with Crippen LogP contribution in [0, 0.1) is 0 Å². The summed E-state index contributed by atoms with van der Waals surface area (Å²) in [7, 11) is 0. The number of nitrogen functional groups attached to an aromatic ring is 1. The molecule has 0 atom stereocenters. The van der Waals surface area contributed by atoms with Crippen LogP contribution in [0.15, 0.2) is 74.7 Å². The van der Waals surface area contributed by atoms with E-state index in [1.54, 1.807) is 6.08 Å². The van der Waals surface area contributed by atoms with E-state index in [-0.39, 0.29) is 18.1 Å². The Morgan fingerprint density at radius 1 is 1.12 bits per heavy atom. The molecule has 0 aliphatic heterocycles. The fourth-order valence-electron chi connectivity index (χ4n) is 3.27. The van der Waals surface area contributed by atoms with Gasteiger partial charge in [-0.3, -0.25) is 24.0 Å². The number of aromatic amines is 1. The van der Waals surface area contributed by atoms with E-state index in [1.165, 1.54) is 15.5 Å². The smallest absolute Gasteiger partial charge is 0.330 e. The monoisotopic (exact) mass is 496 g/mol. The van der Waals surface area contributed by atoms with E-state index in [2.05, 4.69) is 20.9 Å². The van der Waals surface area contributed by atoms with Crippen LogP contribution in [-0.2, 0) is 17.9 Å². The van der Waals surface area contributed by atoms with Crippen molar-refractivity contribution in [3.8, 4) is 0 Å². The summed E-state index contributed by atoms with van der Waals surface area (Å²) in [6.07, 6.45) is 4.62. The first-order chi connectivity index (χ1) is 15.4. The van der Waals surface area contributed by atoms with Gasteiger partial charge in [0.1, 0.15) is 5.82 Å². The molecule has 0 aliphatic carbocycles. The van der Waals surface area contributed by atoms with Gasteiger partial charge in [0.25, 0.3) is 11.5 Å². The number of hydrogen-bond donors (Lipinski definition) is 2. The third-order valence-electron chi connectivity index (χ3n) is 4.98. The van der Waals surface area contributed by atoms with Crippen LogP contribution in [0.1, 0.15) is 30.9 Å². The van der Waals surface area contributed by atoms with Crippen molar-refractivity contribution in [3.05, 3.63) is 97.1 Å². The first-order valence-electron chi connectivity index (χ1n) is 10.3. The number of rotatable bonds is 8. The van der Waals surface area contributed by atoms with Gasteiger partial charge in [0.2, 0.25) is 0 Å². The molecule has 0 saturated carbocycles. The Bertz CT molecular complexity index is 1230.